The molecule has 0 saturated heterocycles. The Morgan fingerprint density at radius 3 is 1.84 bits per heavy atom. The number of imidazole rings is 1. The number of hydrogen-bond acceptors (Lipinski definition) is 2. The quantitative estimate of drug-likeness (QED) is 0.220. The molecule has 0 bridgehead atoms. The van der Waals surface area contributed by atoms with Gasteiger partial charge in [-0.25, -0.2) is 14.2 Å². The normalized spacial score (nSPS) is 11.8. The fourth-order valence-electron chi connectivity index (χ4n) is 6.52. The molecule has 3 aromatic heterocycles. The zero-order valence-corrected chi connectivity index (χ0v) is 23.1. The molecule has 0 radical (unpaired) electrons. The van der Waals surface area contributed by atoms with Crippen LogP contribution in [0, 0.1) is 0 Å². The molecule has 202 valence electrons. The van der Waals surface area contributed by atoms with E-state index in [1.165, 1.54) is 16.3 Å². The van der Waals surface area contributed by atoms with E-state index in [0.29, 0.717) is 5.65 Å². The van der Waals surface area contributed by atoms with Crippen molar-refractivity contribution in [3.8, 4) is 22.5 Å². The molecule has 9 aromatic rings. The Balaban J connectivity index is 1.33. The van der Waals surface area contributed by atoms with Crippen LogP contribution in [-0.4, -0.2) is 18.5 Å². The summed E-state index contributed by atoms with van der Waals surface area (Å²) in [6, 6.07) is 49.7. The summed E-state index contributed by atoms with van der Waals surface area (Å²) in [6.45, 7) is 0. The Morgan fingerprint density at radius 1 is 0.442 bits per heavy atom. The minimum absolute atomic E-state index is 0.138. The molecule has 6 aromatic carbocycles. The molecule has 0 aliphatic heterocycles. The second kappa shape index (κ2) is 9.03. The summed E-state index contributed by atoms with van der Waals surface area (Å²) in [5.74, 6) is 0. The van der Waals surface area contributed by atoms with Crippen molar-refractivity contribution in [2.45, 2.75) is 0 Å². The van der Waals surface area contributed by atoms with Crippen molar-refractivity contribution in [3.63, 3.8) is 0 Å². The highest BCUT2D eigenvalue weighted by atomic mass is 16.1. The zero-order valence-electron chi connectivity index (χ0n) is 23.1. The number of para-hydroxylation sites is 5. The van der Waals surface area contributed by atoms with Crippen molar-refractivity contribution >= 4 is 49.4 Å². The average molecular weight is 553 g/mol. The Labute approximate surface area is 246 Å². The Hall–Kier alpha value is -5.94. The summed E-state index contributed by atoms with van der Waals surface area (Å²) in [6.07, 6.45) is 0. The highest BCUT2D eigenvalue weighted by Gasteiger charge is 2.18. The van der Waals surface area contributed by atoms with Gasteiger partial charge in [0.25, 0.3) is 0 Å². The second-order valence-corrected chi connectivity index (χ2v) is 10.9. The molecule has 0 fully saturated rings. The van der Waals surface area contributed by atoms with Gasteiger partial charge >= 0.3 is 5.69 Å². The van der Waals surface area contributed by atoms with Crippen LogP contribution in [0.3, 0.4) is 0 Å². The van der Waals surface area contributed by atoms with Crippen molar-refractivity contribution in [3.05, 3.63) is 156 Å². The molecular weight excluding hydrogens is 528 g/mol. The zero-order chi connectivity index (χ0) is 28.5. The third kappa shape index (κ3) is 3.45. The lowest BCUT2D eigenvalue weighted by molar-refractivity contribution is 0.932. The van der Waals surface area contributed by atoms with Crippen LogP contribution in [0.2, 0.25) is 0 Å². The van der Waals surface area contributed by atoms with Gasteiger partial charge in [-0.05, 0) is 77.9 Å². The number of aromatic nitrogens is 4. The molecule has 9 rings (SSSR count). The van der Waals surface area contributed by atoms with Crippen molar-refractivity contribution in [2.75, 3.05) is 0 Å². The highest BCUT2D eigenvalue weighted by molar-refractivity contribution is 6.10. The van der Waals surface area contributed by atoms with E-state index < -0.39 is 0 Å². The fourth-order valence-corrected chi connectivity index (χ4v) is 6.52. The van der Waals surface area contributed by atoms with Gasteiger partial charge in [0.2, 0.25) is 0 Å². The van der Waals surface area contributed by atoms with Crippen LogP contribution in [-0.2, 0) is 0 Å². The number of rotatable bonds is 3. The number of nitrogens with zero attached hydrogens (tertiary/aromatic N) is 4. The van der Waals surface area contributed by atoms with Crippen LogP contribution in [0.5, 0.6) is 0 Å². The van der Waals surface area contributed by atoms with Gasteiger partial charge in [0.15, 0.2) is 5.65 Å². The maximum atomic E-state index is 14.2. The summed E-state index contributed by atoms with van der Waals surface area (Å²) in [7, 11) is 0. The van der Waals surface area contributed by atoms with E-state index >= 15 is 0 Å². The third-order valence-electron chi connectivity index (χ3n) is 8.46. The largest absolute Gasteiger partial charge is 0.339 e. The standard InChI is InChI=1S/C38H24N4O/c43-38-41(28-13-5-2-6-14-28)36-24-26(19-21-30(36)37-39-32-16-8-10-18-35(32)42(37)38)25-20-22-34-31(23-25)29-15-7-9-17-33(29)40(34)27-11-3-1-4-12-27/h1-24H. The van der Waals surface area contributed by atoms with Crippen molar-refractivity contribution < 1.29 is 0 Å². The lowest BCUT2D eigenvalue weighted by atomic mass is 10.0. The van der Waals surface area contributed by atoms with Crippen molar-refractivity contribution in [2.24, 2.45) is 0 Å². The van der Waals surface area contributed by atoms with Gasteiger partial charge in [-0.2, -0.15) is 0 Å². The van der Waals surface area contributed by atoms with E-state index in [9.17, 15) is 4.79 Å². The molecule has 0 aliphatic carbocycles. The lowest BCUT2D eigenvalue weighted by Crippen LogP contribution is -2.25. The third-order valence-corrected chi connectivity index (χ3v) is 8.46. The molecule has 5 nitrogen and oxygen atoms in total. The molecule has 0 unspecified atom stereocenters. The first-order valence-corrected chi connectivity index (χ1v) is 14.4. The molecule has 0 atom stereocenters. The Kier molecular flexibility index (Phi) is 4.98. The van der Waals surface area contributed by atoms with Gasteiger partial charge in [0.1, 0.15) is 0 Å². The molecule has 0 aliphatic rings. The summed E-state index contributed by atoms with van der Waals surface area (Å²) in [4.78, 5) is 19.1. The van der Waals surface area contributed by atoms with Crippen molar-refractivity contribution in [1.29, 1.82) is 0 Å². The van der Waals surface area contributed by atoms with E-state index in [1.54, 1.807) is 8.97 Å². The molecule has 0 saturated carbocycles. The minimum Gasteiger partial charge on any atom is -0.309 e. The van der Waals surface area contributed by atoms with Gasteiger partial charge in [0.05, 0.1) is 33.3 Å². The SMILES string of the molecule is O=c1n(-c2ccccc2)c2cc(-c3ccc4c(c3)c3ccccc3n4-c3ccccc3)ccc2c2nc3ccccc3n12. The molecule has 43 heavy (non-hydrogen) atoms. The summed E-state index contributed by atoms with van der Waals surface area (Å²) in [5, 5.41) is 3.31. The first-order chi connectivity index (χ1) is 21.3. The Morgan fingerprint density at radius 2 is 1.05 bits per heavy atom. The number of benzene rings is 6. The van der Waals surface area contributed by atoms with Gasteiger partial charge in [-0.3, -0.25) is 4.57 Å². The summed E-state index contributed by atoms with van der Waals surface area (Å²) in [5.41, 5.74) is 9.36. The highest BCUT2D eigenvalue weighted by Crippen LogP contribution is 2.36. The van der Waals surface area contributed by atoms with Crippen LogP contribution >= 0.6 is 0 Å². The predicted octanol–water partition coefficient (Wildman–Crippen LogP) is 8.56. The molecule has 0 N–H and O–H groups in total. The molecular formula is C38H24N4O. The van der Waals surface area contributed by atoms with Gasteiger partial charge in [0, 0.05) is 21.8 Å². The maximum Gasteiger partial charge on any atom is 0.339 e. The molecule has 0 spiro atoms. The lowest BCUT2D eigenvalue weighted by Gasteiger charge is -2.14. The van der Waals surface area contributed by atoms with Crippen LogP contribution in [0.15, 0.2) is 150 Å². The summed E-state index contributed by atoms with van der Waals surface area (Å²) >= 11 is 0. The predicted molar refractivity (Wildman–Crippen MR) is 176 cm³/mol. The fraction of sp³-hybridized carbons (Fsp3) is 0. The molecule has 5 heteroatoms. The smallest absolute Gasteiger partial charge is 0.309 e. The number of hydrogen-bond donors (Lipinski definition) is 0. The van der Waals surface area contributed by atoms with E-state index in [0.717, 1.165) is 50.0 Å². The van der Waals surface area contributed by atoms with E-state index in [-0.39, 0.29) is 5.69 Å². The first kappa shape index (κ1) is 23.7. The van der Waals surface area contributed by atoms with E-state index in [1.807, 2.05) is 60.7 Å². The minimum atomic E-state index is -0.138. The van der Waals surface area contributed by atoms with Crippen LogP contribution in [0.4, 0.5) is 0 Å². The number of fused-ring (bicyclic) bond motifs is 8. The van der Waals surface area contributed by atoms with Gasteiger partial charge < -0.3 is 4.57 Å². The second-order valence-electron chi connectivity index (χ2n) is 10.9. The first-order valence-electron chi connectivity index (χ1n) is 14.4. The molecule has 0 amide bonds. The molecule has 3 heterocycles. The summed E-state index contributed by atoms with van der Waals surface area (Å²) < 4.78 is 5.86. The maximum absolute atomic E-state index is 14.2. The van der Waals surface area contributed by atoms with E-state index in [4.69, 9.17) is 4.98 Å². The van der Waals surface area contributed by atoms with Crippen LogP contribution < -0.4 is 5.69 Å². The van der Waals surface area contributed by atoms with Crippen molar-refractivity contribution in [1.82, 2.24) is 18.5 Å². The monoisotopic (exact) mass is 552 g/mol. The van der Waals surface area contributed by atoms with Crippen LogP contribution in [0.25, 0.3) is 71.9 Å². The van der Waals surface area contributed by atoms with Crippen LogP contribution in [0.1, 0.15) is 0 Å². The average Bonchev–Trinajstić information content (AvgIpc) is 3.62. The topological polar surface area (TPSA) is 44.2 Å². The van der Waals surface area contributed by atoms with Gasteiger partial charge in [-0.1, -0.05) is 78.9 Å². The van der Waals surface area contributed by atoms with Gasteiger partial charge in [-0.15, -0.1) is 0 Å². The van der Waals surface area contributed by atoms with E-state index in [2.05, 4.69) is 89.5 Å². The Bertz CT molecular complexity index is 2570.